The van der Waals surface area contributed by atoms with E-state index in [4.69, 9.17) is 0 Å². The van der Waals surface area contributed by atoms with E-state index in [-0.39, 0.29) is 23.8 Å². The summed E-state index contributed by atoms with van der Waals surface area (Å²) in [5.41, 5.74) is 0.791. The van der Waals surface area contributed by atoms with Gasteiger partial charge in [-0.1, -0.05) is 18.6 Å². The lowest BCUT2D eigenvalue weighted by atomic mass is 10.0. The number of benzene rings is 1. The number of hydrogen-bond donors (Lipinski definition) is 2. The SMILES string of the molecule is CC(NC(=O)C1CCCCN1)c1cccc(F)c1. The summed E-state index contributed by atoms with van der Waals surface area (Å²) in [5.74, 6) is -0.268. The second-order valence-corrected chi connectivity index (χ2v) is 4.79. The Bertz CT molecular complexity index is 416. The highest BCUT2D eigenvalue weighted by atomic mass is 19.1. The van der Waals surface area contributed by atoms with Gasteiger partial charge in [-0.25, -0.2) is 4.39 Å². The fraction of sp³-hybridized carbons (Fsp3) is 0.500. The average Bonchev–Trinajstić information content (AvgIpc) is 2.39. The number of piperidine rings is 1. The molecular weight excluding hydrogens is 231 g/mol. The molecule has 1 amide bonds. The number of nitrogens with one attached hydrogen (secondary N) is 2. The molecule has 1 aliphatic heterocycles. The van der Waals surface area contributed by atoms with Crippen LogP contribution in [0.3, 0.4) is 0 Å². The molecule has 0 spiro atoms. The summed E-state index contributed by atoms with van der Waals surface area (Å²) < 4.78 is 13.1. The van der Waals surface area contributed by atoms with Crippen molar-refractivity contribution in [2.75, 3.05) is 6.54 Å². The van der Waals surface area contributed by atoms with Gasteiger partial charge in [0.2, 0.25) is 5.91 Å². The average molecular weight is 250 g/mol. The van der Waals surface area contributed by atoms with E-state index in [1.165, 1.54) is 12.1 Å². The number of hydrogen-bond acceptors (Lipinski definition) is 2. The molecule has 0 radical (unpaired) electrons. The van der Waals surface area contributed by atoms with Crippen LogP contribution in [0.15, 0.2) is 24.3 Å². The fourth-order valence-corrected chi connectivity index (χ4v) is 2.25. The van der Waals surface area contributed by atoms with Gasteiger partial charge in [-0.05, 0) is 44.0 Å². The Morgan fingerprint density at radius 3 is 3.00 bits per heavy atom. The first-order valence-corrected chi connectivity index (χ1v) is 6.46. The van der Waals surface area contributed by atoms with E-state index >= 15 is 0 Å². The van der Waals surface area contributed by atoms with Crippen molar-refractivity contribution in [1.82, 2.24) is 10.6 Å². The van der Waals surface area contributed by atoms with Crippen LogP contribution in [0.4, 0.5) is 4.39 Å². The van der Waals surface area contributed by atoms with Crippen molar-refractivity contribution in [2.24, 2.45) is 0 Å². The lowest BCUT2D eigenvalue weighted by Gasteiger charge is -2.24. The van der Waals surface area contributed by atoms with Crippen molar-refractivity contribution in [2.45, 2.75) is 38.3 Å². The summed E-state index contributed by atoms with van der Waals surface area (Å²) in [6.45, 7) is 2.77. The van der Waals surface area contributed by atoms with Crippen molar-refractivity contribution < 1.29 is 9.18 Å². The standard InChI is InChI=1S/C14H19FN2O/c1-10(11-5-4-6-12(15)9-11)17-14(18)13-7-2-3-8-16-13/h4-6,9-10,13,16H,2-3,7-8H2,1H3,(H,17,18). The van der Waals surface area contributed by atoms with Gasteiger partial charge in [0.15, 0.2) is 0 Å². The molecular formula is C14H19FN2O. The van der Waals surface area contributed by atoms with Crippen molar-refractivity contribution in [3.05, 3.63) is 35.6 Å². The van der Waals surface area contributed by atoms with E-state index in [1.807, 2.05) is 13.0 Å². The summed E-state index contributed by atoms with van der Waals surface area (Å²) >= 11 is 0. The number of rotatable bonds is 3. The zero-order chi connectivity index (χ0) is 13.0. The Morgan fingerprint density at radius 1 is 1.50 bits per heavy atom. The fourth-order valence-electron chi connectivity index (χ4n) is 2.25. The second-order valence-electron chi connectivity index (χ2n) is 4.79. The monoisotopic (exact) mass is 250 g/mol. The van der Waals surface area contributed by atoms with E-state index in [9.17, 15) is 9.18 Å². The van der Waals surface area contributed by atoms with Crippen LogP contribution in [0.2, 0.25) is 0 Å². The quantitative estimate of drug-likeness (QED) is 0.863. The Hall–Kier alpha value is -1.42. The molecule has 1 saturated heterocycles. The lowest BCUT2D eigenvalue weighted by Crippen LogP contribution is -2.47. The molecule has 1 fully saturated rings. The number of carbonyl (C=O) groups is 1. The highest BCUT2D eigenvalue weighted by Gasteiger charge is 2.21. The predicted molar refractivity (Wildman–Crippen MR) is 68.6 cm³/mol. The van der Waals surface area contributed by atoms with Gasteiger partial charge in [0.1, 0.15) is 5.82 Å². The van der Waals surface area contributed by atoms with E-state index in [0.717, 1.165) is 31.4 Å². The summed E-state index contributed by atoms with van der Waals surface area (Å²) in [4.78, 5) is 12.0. The number of halogens is 1. The third-order valence-electron chi connectivity index (χ3n) is 3.33. The van der Waals surface area contributed by atoms with E-state index in [2.05, 4.69) is 10.6 Å². The smallest absolute Gasteiger partial charge is 0.237 e. The second kappa shape index (κ2) is 5.96. The first kappa shape index (κ1) is 13.0. The van der Waals surface area contributed by atoms with Crippen LogP contribution in [0.5, 0.6) is 0 Å². The maximum atomic E-state index is 13.1. The lowest BCUT2D eigenvalue weighted by molar-refractivity contribution is -0.124. The van der Waals surface area contributed by atoms with Gasteiger partial charge in [0.05, 0.1) is 12.1 Å². The molecule has 2 atom stereocenters. The zero-order valence-electron chi connectivity index (χ0n) is 10.6. The molecule has 18 heavy (non-hydrogen) atoms. The molecule has 2 unspecified atom stereocenters. The summed E-state index contributed by atoms with van der Waals surface area (Å²) in [6.07, 6.45) is 3.09. The van der Waals surface area contributed by atoms with Crippen LogP contribution in [0.1, 0.15) is 37.8 Å². The maximum Gasteiger partial charge on any atom is 0.237 e. The minimum absolute atomic E-state index is 0.00598. The molecule has 1 heterocycles. The first-order chi connectivity index (χ1) is 8.66. The van der Waals surface area contributed by atoms with E-state index in [0.29, 0.717) is 0 Å². The van der Waals surface area contributed by atoms with Gasteiger partial charge in [0, 0.05) is 0 Å². The van der Waals surface area contributed by atoms with Gasteiger partial charge < -0.3 is 10.6 Å². The largest absolute Gasteiger partial charge is 0.348 e. The summed E-state index contributed by atoms with van der Waals surface area (Å²) in [5, 5.41) is 6.13. The molecule has 1 aromatic carbocycles. The van der Waals surface area contributed by atoms with Gasteiger partial charge in [-0.2, -0.15) is 0 Å². The Labute approximate surface area is 107 Å². The van der Waals surface area contributed by atoms with Gasteiger partial charge in [-0.15, -0.1) is 0 Å². The summed E-state index contributed by atoms with van der Waals surface area (Å²) in [6, 6.07) is 6.07. The van der Waals surface area contributed by atoms with Crippen molar-refractivity contribution in [1.29, 1.82) is 0 Å². The molecule has 1 aromatic rings. The molecule has 0 aliphatic carbocycles. The normalized spacial score (nSPS) is 21.3. The highest BCUT2D eigenvalue weighted by Crippen LogP contribution is 2.14. The third-order valence-corrected chi connectivity index (χ3v) is 3.33. The Morgan fingerprint density at radius 2 is 2.33 bits per heavy atom. The van der Waals surface area contributed by atoms with Gasteiger partial charge in [-0.3, -0.25) is 4.79 Å². The van der Waals surface area contributed by atoms with Gasteiger partial charge >= 0.3 is 0 Å². The van der Waals surface area contributed by atoms with Crippen LogP contribution in [-0.4, -0.2) is 18.5 Å². The van der Waals surface area contributed by atoms with E-state index in [1.54, 1.807) is 6.07 Å². The molecule has 2 N–H and O–H groups in total. The molecule has 0 bridgehead atoms. The first-order valence-electron chi connectivity index (χ1n) is 6.46. The number of carbonyl (C=O) groups excluding carboxylic acids is 1. The van der Waals surface area contributed by atoms with Crippen molar-refractivity contribution >= 4 is 5.91 Å². The predicted octanol–water partition coefficient (Wildman–Crippen LogP) is 2.14. The Balaban J connectivity index is 1.94. The van der Waals surface area contributed by atoms with Crippen molar-refractivity contribution in [3.63, 3.8) is 0 Å². The molecule has 2 rings (SSSR count). The minimum Gasteiger partial charge on any atom is -0.348 e. The van der Waals surface area contributed by atoms with Crippen LogP contribution in [0.25, 0.3) is 0 Å². The molecule has 4 heteroatoms. The van der Waals surface area contributed by atoms with Gasteiger partial charge in [0.25, 0.3) is 0 Å². The van der Waals surface area contributed by atoms with Crippen LogP contribution < -0.4 is 10.6 Å². The topological polar surface area (TPSA) is 41.1 Å². The molecule has 0 aromatic heterocycles. The number of amides is 1. The van der Waals surface area contributed by atoms with Crippen molar-refractivity contribution in [3.8, 4) is 0 Å². The van der Waals surface area contributed by atoms with Crippen LogP contribution in [-0.2, 0) is 4.79 Å². The Kier molecular flexibility index (Phi) is 4.31. The molecule has 3 nitrogen and oxygen atoms in total. The molecule has 0 saturated carbocycles. The van der Waals surface area contributed by atoms with Crippen LogP contribution in [0, 0.1) is 5.82 Å². The zero-order valence-corrected chi connectivity index (χ0v) is 10.6. The minimum atomic E-state index is -0.274. The third kappa shape index (κ3) is 3.29. The highest BCUT2D eigenvalue weighted by molar-refractivity contribution is 5.82. The van der Waals surface area contributed by atoms with Crippen LogP contribution >= 0.6 is 0 Å². The summed E-state index contributed by atoms with van der Waals surface area (Å²) in [7, 11) is 0. The maximum absolute atomic E-state index is 13.1. The molecule has 98 valence electrons. The van der Waals surface area contributed by atoms with E-state index < -0.39 is 0 Å². The molecule has 1 aliphatic rings.